The number of nitrogen functional groups attached to an aromatic ring is 1. The molecule has 4 nitrogen and oxygen atoms in total. The molecule has 0 aliphatic heterocycles. The summed E-state index contributed by atoms with van der Waals surface area (Å²) < 4.78 is 40.9. The molecule has 0 aliphatic rings. The van der Waals surface area contributed by atoms with Gasteiger partial charge in [0.15, 0.2) is 0 Å². The maximum Gasteiger partial charge on any atom is 0.411 e. The van der Waals surface area contributed by atoms with Gasteiger partial charge in [0.05, 0.1) is 0 Å². The zero-order valence-corrected chi connectivity index (χ0v) is 8.00. The third-order valence-electron chi connectivity index (χ3n) is 1.60. The highest BCUT2D eigenvalue weighted by atomic mass is 19.4. The molecule has 15 heavy (non-hydrogen) atoms. The summed E-state index contributed by atoms with van der Waals surface area (Å²) >= 11 is 0. The van der Waals surface area contributed by atoms with Crippen LogP contribution in [0, 0.1) is 0 Å². The molecular formula is C8H12F3N3O. The molecule has 0 fully saturated rings. The number of hydrogen-bond acceptors (Lipinski definition) is 3. The van der Waals surface area contributed by atoms with E-state index >= 15 is 0 Å². The van der Waals surface area contributed by atoms with Crippen LogP contribution in [-0.2, 0) is 11.3 Å². The SMILES string of the molecule is Nc1ccn(CCCOCC(F)(F)F)n1. The summed E-state index contributed by atoms with van der Waals surface area (Å²) in [5.41, 5.74) is 5.35. The summed E-state index contributed by atoms with van der Waals surface area (Å²) in [6, 6.07) is 1.62. The zero-order chi connectivity index (χ0) is 11.3. The van der Waals surface area contributed by atoms with Gasteiger partial charge in [-0.2, -0.15) is 18.3 Å². The van der Waals surface area contributed by atoms with Gasteiger partial charge in [-0.15, -0.1) is 0 Å². The van der Waals surface area contributed by atoms with E-state index in [2.05, 4.69) is 9.84 Å². The number of ether oxygens (including phenoxy) is 1. The van der Waals surface area contributed by atoms with Crippen LogP contribution in [0.3, 0.4) is 0 Å². The Hall–Kier alpha value is -1.24. The van der Waals surface area contributed by atoms with E-state index in [1.165, 1.54) is 0 Å². The summed E-state index contributed by atoms with van der Waals surface area (Å²) in [5, 5.41) is 3.87. The Bertz CT molecular complexity index is 298. The fourth-order valence-electron chi connectivity index (χ4n) is 1.02. The number of anilines is 1. The van der Waals surface area contributed by atoms with Crippen molar-refractivity contribution in [2.45, 2.75) is 19.1 Å². The summed E-state index contributed by atoms with van der Waals surface area (Å²) in [5.74, 6) is 0.395. The fraction of sp³-hybridized carbons (Fsp3) is 0.625. The second-order valence-electron chi connectivity index (χ2n) is 3.02. The van der Waals surface area contributed by atoms with Gasteiger partial charge in [-0.05, 0) is 12.5 Å². The average Bonchev–Trinajstić information content (AvgIpc) is 2.49. The standard InChI is InChI=1S/C8H12F3N3O/c9-8(10,11)6-15-5-1-3-14-4-2-7(12)13-14/h2,4H,1,3,5-6H2,(H2,12,13). The van der Waals surface area contributed by atoms with E-state index in [-0.39, 0.29) is 6.61 Å². The molecule has 0 saturated carbocycles. The highest BCUT2D eigenvalue weighted by molar-refractivity contribution is 5.23. The van der Waals surface area contributed by atoms with E-state index in [4.69, 9.17) is 5.73 Å². The lowest BCUT2D eigenvalue weighted by atomic mass is 10.4. The highest BCUT2D eigenvalue weighted by Crippen LogP contribution is 2.14. The number of nitrogens with two attached hydrogens (primary N) is 1. The van der Waals surface area contributed by atoms with Crippen LogP contribution < -0.4 is 5.73 Å². The molecule has 7 heteroatoms. The molecule has 1 heterocycles. The minimum Gasteiger partial charge on any atom is -0.382 e. The van der Waals surface area contributed by atoms with E-state index in [9.17, 15) is 13.2 Å². The second-order valence-corrected chi connectivity index (χ2v) is 3.02. The van der Waals surface area contributed by atoms with Crippen molar-refractivity contribution in [3.05, 3.63) is 12.3 Å². The third kappa shape index (κ3) is 5.26. The van der Waals surface area contributed by atoms with E-state index in [0.717, 1.165) is 0 Å². The Morgan fingerprint density at radius 2 is 2.20 bits per heavy atom. The maximum atomic E-state index is 11.7. The first-order valence-corrected chi connectivity index (χ1v) is 4.41. The molecule has 1 rings (SSSR count). The largest absolute Gasteiger partial charge is 0.411 e. The first-order valence-electron chi connectivity index (χ1n) is 4.41. The lowest BCUT2D eigenvalue weighted by Crippen LogP contribution is -2.17. The molecule has 0 aliphatic carbocycles. The number of nitrogens with zero attached hydrogens (tertiary/aromatic N) is 2. The van der Waals surface area contributed by atoms with Crippen molar-refractivity contribution in [1.29, 1.82) is 0 Å². The molecular weight excluding hydrogens is 211 g/mol. The normalized spacial score (nSPS) is 11.9. The van der Waals surface area contributed by atoms with Gasteiger partial charge >= 0.3 is 6.18 Å². The molecule has 0 spiro atoms. The first kappa shape index (κ1) is 11.8. The van der Waals surface area contributed by atoms with E-state index in [1.54, 1.807) is 16.9 Å². The van der Waals surface area contributed by atoms with Crippen LogP contribution in [0.4, 0.5) is 19.0 Å². The zero-order valence-electron chi connectivity index (χ0n) is 8.00. The van der Waals surface area contributed by atoms with E-state index < -0.39 is 12.8 Å². The molecule has 0 aromatic carbocycles. The smallest absolute Gasteiger partial charge is 0.382 e. The van der Waals surface area contributed by atoms with Crippen molar-refractivity contribution in [3.63, 3.8) is 0 Å². The number of aromatic nitrogens is 2. The predicted octanol–water partition coefficient (Wildman–Crippen LogP) is 1.43. The van der Waals surface area contributed by atoms with Crippen LogP contribution in [-0.4, -0.2) is 29.2 Å². The summed E-state index contributed by atoms with van der Waals surface area (Å²) in [7, 11) is 0. The maximum absolute atomic E-state index is 11.7. The summed E-state index contributed by atoms with van der Waals surface area (Å²) in [4.78, 5) is 0. The number of halogens is 3. The van der Waals surface area contributed by atoms with Gasteiger partial charge in [0.1, 0.15) is 12.4 Å². The third-order valence-corrected chi connectivity index (χ3v) is 1.60. The van der Waals surface area contributed by atoms with Crippen molar-refractivity contribution in [1.82, 2.24) is 9.78 Å². The Morgan fingerprint density at radius 1 is 1.47 bits per heavy atom. The molecule has 86 valence electrons. The van der Waals surface area contributed by atoms with Crippen LogP contribution in [0.15, 0.2) is 12.3 Å². The second kappa shape index (κ2) is 5.01. The molecule has 2 N–H and O–H groups in total. The van der Waals surface area contributed by atoms with Crippen LogP contribution in [0.1, 0.15) is 6.42 Å². The van der Waals surface area contributed by atoms with Crippen LogP contribution in [0.2, 0.25) is 0 Å². The topological polar surface area (TPSA) is 53.1 Å². The van der Waals surface area contributed by atoms with Gasteiger partial charge in [0, 0.05) is 19.3 Å². The minimum atomic E-state index is -4.25. The Labute approximate surface area is 84.8 Å². The van der Waals surface area contributed by atoms with Gasteiger partial charge in [0.25, 0.3) is 0 Å². The first-order chi connectivity index (χ1) is 6.97. The molecule has 0 unspecified atom stereocenters. The van der Waals surface area contributed by atoms with Gasteiger partial charge in [-0.3, -0.25) is 4.68 Å². The van der Waals surface area contributed by atoms with Gasteiger partial charge < -0.3 is 10.5 Å². The van der Waals surface area contributed by atoms with Crippen molar-refractivity contribution in [2.24, 2.45) is 0 Å². The lowest BCUT2D eigenvalue weighted by Gasteiger charge is -2.07. The lowest BCUT2D eigenvalue weighted by molar-refractivity contribution is -0.174. The van der Waals surface area contributed by atoms with Crippen molar-refractivity contribution in [3.8, 4) is 0 Å². The van der Waals surface area contributed by atoms with E-state index in [0.29, 0.717) is 18.8 Å². The average molecular weight is 223 g/mol. The monoisotopic (exact) mass is 223 g/mol. The van der Waals surface area contributed by atoms with Crippen molar-refractivity contribution in [2.75, 3.05) is 18.9 Å². The molecule has 0 bridgehead atoms. The van der Waals surface area contributed by atoms with Gasteiger partial charge in [-0.1, -0.05) is 0 Å². The molecule has 0 radical (unpaired) electrons. The predicted molar refractivity (Wildman–Crippen MR) is 48.1 cm³/mol. The van der Waals surface area contributed by atoms with Crippen LogP contribution in [0.5, 0.6) is 0 Å². The number of hydrogen-bond donors (Lipinski definition) is 1. The summed E-state index contributed by atoms with van der Waals surface area (Å²) in [6.45, 7) is -0.650. The molecule has 1 aromatic heterocycles. The number of rotatable bonds is 5. The molecule has 0 saturated heterocycles. The van der Waals surface area contributed by atoms with Crippen molar-refractivity contribution >= 4 is 5.82 Å². The van der Waals surface area contributed by atoms with Crippen molar-refractivity contribution < 1.29 is 17.9 Å². The minimum absolute atomic E-state index is 0.0548. The van der Waals surface area contributed by atoms with E-state index in [1.807, 2.05) is 0 Å². The Morgan fingerprint density at radius 3 is 2.73 bits per heavy atom. The number of aryl methyl sites for hydroxylation is 1. The quantitative estimate of drug-likeness (QED) is 0.768. The number of alkyl halides is 3. The molecule has 0 atom stereocenters. The highest BCUT2D eigenvalue weighted by Gasteiger charge is 2.27. The Kier molecular flexibility index (Phi) is 3.96. The molecule has 0 amide bonds. The summed E-state index contributed by atoms with van der Waals surface area (Å²) in [6.07, 6.45) is -2.12. The van der Waals surface area contributed by atoms with Gasteiger partial charge in [0.2, 0.25) is 0 Å². The Balaban J connectivity index is 2.07. The van der Waals surface area contributed by atoms with Crippen LogP contribution >= 0.6 is 0 Å². The van der Waals surface area contributed by atoms with Crippen LogP contribution in [0.25, 0.3) is 0 Å². The fourth-order valence-corrected chi connectivity index (χ4v) is 1.02. The molecule has 1 aromatic rings. The van der Waals surface area contributed by atoms with Gasteiger partial charge in [-0.25, -0.2) is 0 Å².